The molecule has 0 atom stereocenters. The van der Waals surface area contributed by atoms with Crippen LogP contribution in [0.1, 0.15) is 10.4 Å². The summed E-state index contributed by atoms with van der Waals surface area (Å²) < 4.78 is 15.1. The molecule has 0 unspecified atom stereocenters. The lowest BCUT2D eigenvalue weighted by molar-refractivity contribution is -0.115. The summed E-state index contributed by atoms with van der Waals surface area (Å²) in [5.41, 5.74) is 0.988. The second kappa shape index (κ2) is 8.60. The standard InChI is InChI=1S/C16H18N2O5/c1-21-8-9-23-14-4-2-13(3-5-14)18-15(19)10-17-16(20)12-6-7-22-11-12/h2-7,11H,8-10H2,1H3,(H,17,20)(H,18,19). The Morgan fingerprint density at radius 1 is 1.13 bits per heavy atom. The maximum atomic E-state index is 11.8. The van der Waals surface area contributed by atoms with Crippen molar-refractivity contribution < 1.29 is 23.5 Å². The van der Waals surface area contributed by atoms with Crippen LogP contribution in [0.25, 0.3) is 0 Å². The van der Waals surface area contributed by atoms with Gasteiger partial charge in [-0.05, 0) is 30.3 Å². The summed E-state index contributed by atoms with van der Waals surface area (Å²) >= 11 is 0. The van der Waals surface area contributed by atoms with Gasteiger partial charge in [0.25, 0.3) is 5.91 Å². The Bertz CT molecular complexity index is 622. The normalized spacial score (nSPS) is 10.1. The number of methoxy groups -OCH3 is 1. The number of hydrogen-bond donors (Lipinski definition) is 2. The van der Waals surface area contributed by atoms with Gasteiger partial charge in [0.15, 0.2) is 0 Å². The quantitative estimate of drug-likeness (QED) is 0.723. The highest BCUT2D eigenvalue weighted by Crippen LogP contribution is 2.15. The van der Waals surface area contributed by atoms with Gasteiger partial charge in [0.2, 0.25) is 5.91 Å². The van der Waals surface area contributed by atoms with E-state index < -0.39 is 0 Å². The smallest absolute Gasteiger partial charge is 0.254 e. The molecular formula is C16H18N2O5. The van der Waals surface area contributed by atoms with E-state index in [0.29, 0.717) is 30.2 Å². The van der Waals surface area contributed by atoms with Crippen LogP contribution in [-0.2, 0) is 9.53 Å². The molecule has 0 aliphatic rings. The fourth-order valence-electron chi connectivity index (χ4n) is 1.74. The van der Waals surface area contributed by atoms with E-state index in [1.807, 2.05) is 0 Å². The second-order valence-electron chi connectivity index (χ2n) is 4.61. The fourth-order valence-corrected chi connectivity index (χ4v) is 1.74. The van der Waals surface area contributed by atoms with E-state index in [2.05, 4.69) is 10.6 Å². The molecule has 2 aromatic rings. The SMILES string of the molecule is COCCOc1ccc(NC(=O)CNC(=O)c2ccoc2)cc1. The lowest BCUT2D eigenvalue weighted by Crippen LogP contribution is -2.32. The van der Waals surface area contributed by atoms with Crippen LogP contribution in [0.15, 0.2) is 47.3 Å². The van der Waals surface area contributed by atoms with Crippen molar-refractivity contribution >= 4 is 17.5 Å². The zero-order chi connectivity index (χ0) is 16.5. The third-order valence-corrected chi connectivity index (χ3v) is 2.89. The van der Waals surface area contributed by atoms with Gasteiger partial charge in [0.1, 0.15) is 18.6 Å². The molecule has 2 rings (SSSR count). The van der Waals surface area contributed by atoms with E-state index in [4.69, 9.17) is 13.9 Å². The van der Waals surface area contributed by atoms with E-state index in [9.17, 15) is 9.59 Å². The van der Waals surface area contributed by atoms with Gasteiger partial charge in [0.05, 0.1) is 25.0 Å². The van der Waals surface area contributed by atoms with Crippen LogP contribution in [-0.4, -0.2) is 38.7 Å². The largest absolute Gasteiger partial charge is 0.491 e. The van der Waals surface area contributed by atoms with Crippen molar-refractivity contribution in [1.82, 2.24) is 5.32 Å². The lowest BCUT2D eigenvalue weighted by atomic mass is 10.3. The highest BCUT2D eigenvalue weighted by atomic mass is 16.5. The molecule has 2 N–H and O–H groups in total. The molecule has 1 heterocycles. The molecule has 0 saturated carbocycles. The van der Waals surface area contributed by atoms with Crippen LogP contribution in [0.3, 0.4) is 0 Å². The third kappa shape index (κ3) is 5.48. The number of carbonyl (C=O) groups excluding carboxylic acids is 2. The lowest BCUT2D eigenvalue weighted by Gasteiger charge is -2.08. The molecule has 0 saturated heterocycles. The summed E-state index contributed by atoms with van der Waals surface area (Å²) in [4.78, 5) is 23.4. The van der Waals surface area contributed by atoms with Crippen LogP contribution < -0.4 is 15.4 Å². The highest BCUT2D eigenvalue weighted by molar-refractivity contribution is 5.99. The first-order valence-electron chi connectivity index (χ1n) is 7.01. The predicted octanol–water partition coefficient (Wildman–Crippen LogP) is 1.67. The molecule has 0 spiro atoms. The van der Waals surface area contributed by atoms with Gasteiger partial charge in [-0.1, -0.05) is 0 Å². The number of anilines is 1. The van der Waals surface area contributed by atoms with E-state index in [0.717, 1.165) is 0 Å². The summed E-state index contributed by atoms with van der Waals surface area (Å²) in [7, 11) is 1.60. The monoisotopic (exact) mass is 318 g/mol. The fraction of sp³-hybridized carbons (Fsp3) is 0.250. The molecule has 1 aromatic heterocycles. The van der Waals surface area contributed by atoms with Crippen molar-refractivity contribution in [3.05, 3.63) is 48.4 Å². The number of amides is 2. The number of furan rings is 1. The van der Waals surface area contributed by atoms with Crippen molar-refractivity contribution in [1.29, 1.82) is 0 Å². The number of rotatable bonds is 8. The first kappa shape index (κ1) is 16.6. The highest BCUT2D eigenvalue weighted by Gasteiger charge is 2.09. The molecule has 0 aliphatic carbocycles. The summed E-state index contributed by atoms with van der Waals surface area (Å²) in [5.74, 6) is -0.000929. The van der Waals surface area contributed by atoms with E-state index in [-0.39, 0.29) is 18.4 Å². The van der Waals surface area contributed by atoms with Crippen molar-refractivity contribution in [2.75, 3.05) is 32.2 Å². The van der Waals surface area contributed by atoms with Gasteiger partial charge < -0.3 is 24.5 Å². The molecule has 7 nitrogen and oxygen atoms in total. The number of hydrogen-bond acceptors (Lipinski definition) is 5. The Labute approximate surface area is 133 Å². The maximum absolute atomic E-state index is 11.8. The zero-order valence-electron chi connectivity index (χ0n) is 12.7. The molecule has 7 heteroatoms. The molecular weight excluding hydrogens is 300 g/mol. The summed E-state index contributed by atoms with van der Waals surface area (Å²) in [6.07, 6.45) is 2.71. The van der Waals surface area contributed by atoms with Crippen LogP contribution >= 0.6 is 0 Å². The summed E-state index contributed by atoms with van der Waals surface area (Å²) in [6.45, 7) is 0.840. The molecule has 23 heavy (non-hydrogen) atoms. The molecule has 1 aromatic carbocycles. The molecule has 0 radical (unpaired) electrons. The Kier molecular flexibility index (Phi) is 6.19. The average Bonchev–Trinajstić information content (AvgIpc) is 3.09. The van der Waals surface area contributed by atoms with Crippen molar-refractivity contribution in [2.24, 2.45) is 0 Å². The number of carbonyl (C=O) groups is 2. The zero-order valence-corrected chi connectivity index (χ0v) is 12.7. The maximum Gasteiger partial charge on any atom is 0.254 e. The van der Waals surface area contributed by atoms with Crippen molar-refractivity contribution in [2.45, 2.75) is 0 Å². The predicted molar refractivity (Wildman–Crippen MR) is 83.5 cm³/mol. The number of ether oxygens (including phenoxy) is 2. The molecule has 0 bridgehead atoms. The van der Waals surface area contributed by atoms with Gasteiger partial charge in [-0.2, -0.15) is 0 Å². The van der Waals surface area contributed by atoms with E-state index in [1.54, 1.807) is 31.4 Å². The van der Waals surface area contributed by atoms with Gasteiger partial charge in [0, 0.05) is 12.8 Å². The molecule has 2 amide bonds. The average molecular weight is 318 g/mol. The first-order chi connectivity index (χ1) is 11.2. The van der Waals surface area contributed by atoms with Gasteiger partial charge in [-0.3, -0.25) is 9.59 Å². The Balaban J connectivity index is 1.75. The Hall–Kier alpha value is -2.80. The molecule has 122 valence electrons. The van der Waals surface area contributed by atoms with Crippen LogP contribution in [0.2, 0.25) is 0 Å². The van der Waals surface area contributed by atoms with Crippen LogP contribution in [0.5, 0.6) is 5.75 Å². The van der Waals surface area contributed by atoms with Crippen molar-refractivity contribution in [3.8, 4) is 5.75 Å². The minimum atomic E-state index is -0.365. The van der Waals surface area contributed by atoms with Gasteiger partial charge in [-0.25, -0.2) is 0 Å². The van der Waals surface area contributed by atoms with E-state index in [1.165, 1.54) is 18.6 Å². The number of benzene rings is 1. The number of nitrogens with one attached hydrogen (secondary N) is 2. The molecule has 0 fully saturated rings. The minimum absolute atomic E-state index is 0.129. The Morgan fingerprint density at radius 2 is 1.91 bits per heavy atom. The van der Waals surface area contributed by atoms with Crippen LogP contribution in [0.4, 0.5) is 5.69 Å². The van der Waals surface area contributed by atoms with E-state index >= 15 is 0 Å². The second-order valence-corrected chi connectivity index (χ2v) is 4.61. The summed E-state index contributed by atoms with van der Waals surface area (Å²) in [5, 5.41) is 5.18. The Morgan fingerprint density at radius 3 is 2.57 bits per heavy atom. The first-order valence-corrected chi connectivity index (χ1v) is 7.01. The minimum Gasteiger partial charge on any atom is -0.491 e. The summed E-state index contributed by atoms with van der Waals surface area (Å²) in [6, 6.07) is 8.45. The topological polar surface area (TPSA) is 89.8 Å². The molecule has 0 aliphatic heterocycles. The van der Waals surface area contributed by atoms with Gasteiger partial charge >= 0.3 is 0 Å². The van der Waals surface area contributed by atoms with Gasteiger partial charge in [-0.15, -0.1) is 0 Å². The van der Waals surface area contributed by atoms with Crippen LogP contribution in [0, 0.1) is 0 Å². The third-order valence-electron chi connectivity index (χ3n) is 2.89. The van der Waals surface area contributed by atoms with Crippen molar-refractivity contribution in [3.63, 3.8) is 0 Å².